The van der Waals surface area contributed by atoms with E-state index in [1.54, 1.807) is 0 Å². The van der Waals surface area contributed by atoms with E-state index in [1.807, 2.05) is 0 Å². The van der Waals surface area contributed by atoms with Gasteiger partial charge in [-0.15, -0.1) is 0 Å². The van der Waals surface area contributed by atoms with E-state index in [1.165, 1.54) is 32.4 Å². The highest BCUT2D eigenvalue weighted by Gasteiger charge is 2.38. The molecule has 3 rings (SSSR count). The fourth-order valence-corrected chi connectivity index (χ4v) is 5.47. The predicted molar refractivity (Wildman–Crippen MR) is 67.8 cm³/mol. The molecule has 3 aliphatic rings. The summed E-state index contributed by atoms with van der Waals surface area (Å²) in [6.07, 6.45) is 5.50. The van der Waals surface area contributed by atoms with Crippen LogP contribution in [0.2, 0.25) is 0 Å². The van der Waals surface area contributed by atoms with Crippen LogP contribution in [0.1, 0.15) is 32.1 Å². The van der Waals surface area contributed by atoms with Crippen molar-refractivity contribution in [3.8, 4) is 0 Å². The van der Waals surface area contributed by atoms with Crippen molar-refractivity contribution in [2.24, 2.45) is 0 Å². The third kappa shape index (κ3) is 2.25. The van der Waals surface area contributed by atoms with Crippen LogP contribution >= 0.6 is 0 Å². The van der Waals surface area contributed by atoms with E-state index in [2.05, 4.69) is 10.2 Å². The summed E-state index contributed by atoms with van der Waals surface area (Å²) < 4.78 is 23.5. The maximum Gasteiger partial charge on any atom is 0.154 e. The van der Waals surface area contributed by atoms with Crippen molar-refractivity contribution in [3.05, 3.63) is 0 Å². The molecule has 3 unspecified atom stereocenters. The predicted octanol–water partition coefficient (Wildman–Crippen LogP) is 0.390. The first-order chi connectivity index (χ1) is 8.17. The molecule has 5 heteroatoms. The van der Waals surface area contributed by atoms with E-state index in [9.17, 15) is 8.42 Å². The summed E-state index contributed by atoms with van der Waals surface area (Å²) in [6.45, 7) is 3.11. The fraction of sp³-hybridized carbons (Fsp3) is 1.00. The quantitative estimate of drug-likeness (QED) is 0.795. The van der Waals surface area contributed by atoms with E-state index < -0.39 is 9.84 Å². The van der Waals surface area contributed by atoms with Crippen LogP contribution in [0.25, 0.3) is 0 Å². The van der Waals surface area contributed by atoms with Crippen molar-refractivity contribution in [1.82, 2.24) is 10.2 Å². The zero-order chi connectivity index (χ0) is 11.9. The highest BCUT2D eigenvalue weighted by atomic mass is 32.2. The number of fused-ring (bicyclic) bond motifs is 1. The Morgan fingerprint density at radius 2 is 2.00 bits per heavy atom. The molecule has 17 heavy (non-hydrogen) atoms. The summed E-state index contributed by atoms with van der Waals surface area (Å²) in [6, 6.07) is 1.22. The maximum atomic E-state index is 11.7. The largest absolute Gasteiger partial charge is 0.311 e. The first-order valence-corrected chi connectivity index (χ1v) is 8.57. The van der Waals surface area contributed by atoms with Crippen molar-refractivity contribution >= 4 is 9.84 Å². The Labute approximate surface area is 104 Å². The minimum atomic E-state index is -2.78. The average Bonchev–Trinajstić information content (AvgIpc) is 2.91. The molecule has 0 aromatic rings. The van der Waals surface area contributed by atoms with E-state index in [0.717, 1.165) is 12.8 Å². The molecule has 0 aromatic heterocycles. The number of sulfone groups is 1. The first-order valence-electron chi connectivity index (χ1n) is 6.86. The average molecular weight is 258 g/mol. The van der Waals surface area contributed by atoms with Crippen LogP contribution in [-0.4, -0.2) is 56.0 Å². The smallest absolute Gasteiger partial charge is 0.154 e. The van der Waals surface area contributed by atoms with Crippen LogP contribution in [0.15, 0.2) is 0 Å². The molecular weight excluding hydrogens is 236 g/mol. The molecule has 0 bridgehead atoms. The molecule has 3 atom stereocenters. The van der Waals surface area contributed by atoms with Gasteiger partial charge in [0, 0.05) is 25.2 Å². The summed E-state index contributed by atoms with van der Waals surface area (Å²) in [5, 5.41) is 3.42. The second-order valence-electron chi connectivity index (χ2n) is 5.68. The van der Waals surface area contributed by atoms with Crippen LogP contribution in [0.5, 0.6) is 0 Å². The van der Waals surface area contributed by atoms with Crippen LogP contribution in [0.3, 0.4) is 0 Å². The van der Waals surface area contributed by atoms with Gasteiger partial charge in [0.15, 0.2) is 9.84 Å². The molecule has 0 aliphatic carbocycles. The summed E-state index contributed by atoms with van der Waals surface area (Å²) in [7, 11) is -2.78. The summed E-state index contributed by atoms with van der Waals surface area (Å²) >= 11 is 0. The third-order valence-electron chi connectivity index (χ3n) is 4.68. The van der Waals surface area contributed by atoms with Crippen LogP contribution in [0.4, 0.5) is 0 Å². The molecule has 0 aromatic carbocycles. The number of rotatable bonds is 3. The summed E-state index contributed by atoms with van der Waals surface area (Å²) in [5.74, 6) is 0.402. The van der Waals surface area contributed by atoms with Crippen molar-refractivity contribution in [2.45, 2.75) is 49.4 Å². The fourth-order valence-electron chi connectivity index (χ4n) is 3.69. The number of nitrogens with one attached hydrogen (secondary N) is 1. The van der Waals surface area contributed by atoms with Gasteiger partial charge in [-0.1, -0.05) is 0 Å². The number of hydrogen-bond donors (Lipinski definition) is 1. The van der Waals surface area contributed by atoms with E-state index >= 15 is 0 Å². The monoisotopic (exact) mass is 258 g/mol. The van der Waals surface area contributed by atoms with Crippen molar-refractivity contribution in [2.75, 3.05) is 25.4 Å². The Morgan fingerprint density at radius 1 is 1.12 bits per heavy atom. The van der Waals surface area contributed by atoms with Crippen molar-refractivity contribution < 1.29 is 8.42 Å². The van der Waals surface area contributed by atoms with Gasteiger partial charge in [0.2, 0.25) is 0 Å². The highest BCUT2D eigenvalue weighted by molar-refractivity contribution is 7.92. The van der Waals surface area contributed by atoms with Crippen LogP contribution in [0, 0.1) is 0 Å². The molecule has 1 N–H and O–H groups in total. The molecule has 3 aliphatic heterocycles. The molecule has 0 radical (unpaired) electrons. The molecule has 3 fully saturated rings. The molecule has 3 saturated heterocycles. The Balaban J connectivity index is 1.55. The standard InChI is InChI=1S/C12H22N2O2S/c15-17(16)8-2-3-10(17)9-13-11-5-7-14-6-1-4-12(11)14/h10-13H,1-9H2. The van der Waals surface area contributed by atoms with Crippen LogP contribution < -0.4 is 5.32 Å². The highest BCUT2D eigenvalue weighted by Crippen LogP contribution is 2.28. The Morgan fingerprint density at radius 3 is 2.76 bits per heavy atom. The molecule has 3 heterocycles. The van der Waals surface area contributed by atoms with Crippen molar-refractivity contribution in [3.63, 3.8) is 0 Å². The third-order valence-corrected chi connectivity index (χ3v) is 6.95. The minimum Gasteiger partial charge on any atom is -0.311 e. The van der Waals surface area contributed by atoms with Gasteiger partial charge in [0.25, 0.3) is 0 Å². The minimum absolute atomic E-state index is 0.113. The van der Waals surface area contributed by atoms with Gasteiger partial charge >= 0.3 is 0 Å². The number of hydrogen-bond acceptors (Lipinski definition) is 4. The summed E-state index contributed by atoms with van der Waals surface area (Å²) in [4.78, 5) is 2.56. The Bertz CT molecular complexity index is 382. The van der Waals surface area contributed by atoms with Gasteiger partial charge in [-0.25, -0.2) is 8.42 Å². The van der Waals surface area contributed by atoms with Crippen LogP contribution in [-0.2, 0) is 9.84 Å². The van der Waals surface area contributed by atoms with Crippen molar-refractivity contribution in [1.29, 1.82) is 0 Å². The Hall–Kier alpha value is -0.130. The SMILES string of the molecule is O=S1(=O)CCCC1CNC1CCN2CCCC12. The molecular formula is C12H22N2O2S. The second kappa shape index (κ2) is 4.52. The van der Waals surface area contributed by atoms with Gasteiger partial charge < -0.3 is 5.32 Å². The van der Waals surface area contributed by atoms with Gasteiger partial charge in [0.05, 0.1) is 11.0 Å². The van der Waals surface area contributed by atoms with E-state index in [-0.39, 0.29) is 5.25 Å². The molecule has 0 spiro atoms. The topological polar surface area (TPSA) is 49.4 Å². The molecule has 0 amide bonds. The van der Waals surface area contributed by atoms with Gasteiger partial charge in [-0.2, -0.15) is 0 Å². The van der Waals surface area contributed by atoms with Gasteiger partial charge in [-0.3, -0.25) is 4.90 Å². The van der Waals surface area contributed by atoms with Gasteiger partial charge in [-0.05, 0) is 38.6 Å². The number of nitrogens with zero attached hydrogens (tertiary/aromatic N) is 1. The lowest BCUT2D eigenvalue weighted by Gasteiger charge is -2.22. The maximum absolute atomic E-state index is 11.7. The second-order valence-corrected chi connectivity index (χ2v) is 8.08. The lowest BCUT2D eigenvalue weighted by Crippen LogP contribution is -2.43. The van der Waals surface area contributed by atoms with Gasteiger partial charge in [0.1, 0.15) is 0 Å². The molecule has 98 valence electrons. The lowest BCUT2D eigenvalue weighted by molar-refractivity contribution is 0.299. The van der Waals surface area contributed by atoms with E-state index in [4.69, 9.17) is 0 Å². The zero-order valence-corrected chi connectivity index (χ0v) is 11.1. The molecule has 4 nitrogen and oxygen atoms in total. The molecule has 0 saturated carbocycles. The first kappa shape index (κ1) is 11.9. The normalized spacial score (nSPS) is 40.8. The summed E-state index contributed by atoms with van der Waals surface area (Å²) in [5.41, 5.74) is 0. The van der Waals surface area contributed by atoms with E-state index in [0.29, 0.717) is 24.4 Å². The zero-order valence-electron chi connectivity index (χ0n) is 10.3. The lowest BCUT2D eigenvalue weighted by atomic mass is 10.1. The Kier molecular flexibility index (Phi) is 3.17.